The fraction of sp³-hybridized carbons (Fsp3) is 0.273. The van der Waals surface area contributed by atoms with Gasteiger partial charge >= 0.3 is 0 Å². The third-order valence-corrected chi connectivity index (χ3v) is 4.39. The molecular weight excluding hydrogens is 366 g/mol. The van der Waals surface area contributed by atoms with Gasteiger partial charge in [0.2, 0.25) is 0 Å². The highest BCUT2D eigenvalue weighted by Crippen LogP contribution is 2.32. The zero-order chi connectivity index (χ0) is 12.3. The van der Waals surface area contributed by atoms with E-state index in [0.29, 0.717) is 6.54 Å². The van der Waals surface area contributed by atoms with Crippen molar-refractivity contribution in [1.82, 2.24) is 10.2 Å². The second-order valence-electron chi connectivity index (χ2n) is 3.52. The average molecular weight is 377 g/mol. The predicted molar refractivity (Wildman–Crippen MR) is 78.1 cm³/mol. The van der Waals surface area contributed by atoms with Crippen LogP contribution in [-0.4, -0.2) is 16.7 Å². The summed E-state index contributed by atoms with van der Waals surface area (Å²) < 4.78 is 2.06. The Kier molecular flexibility index (Phi) is 4.67. The van der Waals surface area contributed by atoms with Crippen molar-refractivity contribution in [3.63, 3.8) is 0 Å². The van der Waals surface area contributed by atoms with Gasteiger partial charge in [0.05, 0.1) is 0 Å². The van der Waals surface area contributed by atoms with Crippen LogP contribution in [0.15, 0.2) is 27.1 Å². The second-order valence-corrected chi connectivity index (χ2v) is 6.35. The van der Waals surface area contributed by atoms with Crippen LogP contribution in [-0.2, 0) is 6.42 Å². The molecule has 0 bridgehead atoms. The van der Waals surface area contributed by atoms with Gasteiger partial charge in [-0.05, 0) is 31.2 Å². The first kappa shape index (κ1) is 13.1. The molecule has 0 aliphatic heterocycles. The van der Waals surface area contributed by atoms with E-state index in [1.807, 2.05) is 18.2 Å². The van der Waals surface area contributed by atoms with Gasteiger partial charge in [-0.3, -0.25) is 0 Å². The number of aryl methyl sites for hydroxylation is 1. The molecule has 2 aromatic rings. The Balaban J connectivity index is 2.24. The van der Waals surface area contributed by atoms with Crippen LogP contribution in [0.4, 0.5) is 0 Å². The van der Waals surface area contributed by atoms with Crippen LogP contribution in [0.3, 0.4) is 0 Å². The number of nitrogens with zero attached hydrogens (tertiary/aromatic N) is 2. The first-order valence-corrected chi connectivity index (χ1v) is 7.59. The van der Waals surface area contributed by atoms with Gasteiger partial charge in [-0.15, -0.1) is 10.2 Å². The molecule has 0 fully saturated rings. The summed E-state index contributed by atoms with van der Waals surface area (Å²) in [4.78, 5) is 0. The van der Waals surface area contributed by atoms with Gasteiger partial charge in [0.25, 0.3) is 0 Å². The smallest absolute Gasteiger partial charge is 0.148 e. The Labute approximate surface area is 121 Å². The summed E-state index contributed by atoms with van der Waals surface area (Å²) in [5, 5.41) is 10.4. The van der Waals surface area contributed by atoms with E-state index in [9.17, 15) is 0 Å². The molecule has 0 amide bonds. The van der Waals surface area contributed by atoms with Crippen LogP contribution in [0.25, 0.3) is 10.6 Å². The maximum absolute atomic E-state index is 5.48. The minimum absolute atomic E-state index is 0.691. The standard InChI is InChI=1S/C11H11Br2N3S/c12-7-3-4-8(9(13)6-7)11-16-15-10(17-11)2-1-5-14/h3-4,6H,1-2,5,14H2. The van der Waals surface area contributed by atoms with Crippen molar-refractivity contribution >= 4 is 43.2 Å². The second kappa shape index (κ2) is 6.04. The molecule has 0 spiro atoms. The van der Waals surface area contributed by atoms with Crippen LogP contribution in [0, 0.1) is 0 Å². The van der Waals surface area contributed by atoms with Gasteiger partial charge in [0.15, 0.2) is 0 Å². The quantitative estimate of drug-likeness (QED) is 0.886. The van der Waals surface area contributed by atoms with E-state index < -0.39 is 0 Å². The van der Waals surface area contributed by atoms with Crippen LogP contribution in [0.5, 0.6) is 0 Å². The largest absolute Gasteiger partial charge is 0.330 e. The number of hydrogen-bond donors (Lipinski definition) is 1. The van der Waals surface area contributed by atoms with Gasteiger partial charge in [-0.1, -0.05) is 43.2 Å². The van der Waals surface area contributed by atoms with Gasteiger partial charge in [0.1, 0.15) is 10.0 Å². The maximum atomic E-state index is 5.48. The van der Waals surface area contributed by atoms with Crippen molar-refractivity contribution in [1.29, 1.82) is 0 Å². The zero-order valence-electron chi connectivity index (χ0n) is 8.99. The zero-order valence-corrected chi connectivity index (χ0v) is 13.0. The molecular formula is C11H11Br2N3S. The summed E-state index contributed by atoms with van der Waals surface area (Å²) in [6.07, 6.45) is 1.86. The summed E-state index contributed by atoms with van der Waals surface area (Å²) >= 11 is 8.59. The number of benzene rings is 1. The highest BCUT2D eigenvalue weighted by atomic mass is 79.9. The maximum Gasteiger partial charge on any atom is 0.148 e. The van der Waals surface area contributed by atoms with E-state index in [0.717, 1.165) is 37.4 Å². The first-order chi connectivity index (χ1) is 8.20. The SMILES string of the molecule is NCCCc1nnc(-c2ccc(Br)cc2Br)s1. The number of hydrogen-bond acceptors (Lipinski definition) is 4. The van der Waals surface area contributed by atoms with Gasteiger partial charge < -0.3 is 5.73 Å². The van der Waals surface area contributed by atoms with Gasteiger partial charge in [-0.2, -0.15) is 0 Å². The number of halogens is 2. The van der Waals surface area contributed by atoms with Crippen molar-refractivity contribution < 1.29 is 0 Å². The molecule has 0 atom stereocenters. The van der Waals surface area contributed by atoms with Crippen molar-refractivity contribution in [2.75, 3.05) is 6.54 Å². The van der Waals surface area contributed by atoms with Crippen molar-refractivity contribution in [2.24, 2.45) is 5.73 Å². The monoisotopic (exact) mass is 375 g/mol. The molecule has 2 N–H and O–H groups in total. The molecule has 2 rings (SSSR count). The molecule has 0 aliphatic carbocycles. The van der Waals surface area contributed by atoms with E-state index in [2.05, 4.69) is 42.1 Å². The Morgan fingerprint density at radius 1 is 1.24 bits per heavy atom. The van der Waals surface area contributed by atoms with Gasteiger partial charge in [0, 0.05) is 20.9 Å². The molecule has 0 saturated carbocycles. The molecule has 1 heterocycles. The molecule has 17 heavy (non-hydrogen) atoms. The van der Waals surface area contributed by atoms with E-state index in [1.165, 1.54) is 0 Å². The molecule has 0 unspecified atom stereocenters. The molecule has 1 aromatic carbocycles. The Bertz CT molecular complexity index is 513. The van der Waals surface area contributed by atoms with Crippen LogP contribution in [0.2, 0.25) is 0 Å². The van der Waals surface area contributed by atoms with Crippen molar-refractivity contribution in [2.45, 2.75) is 12.8 Å². The summed E-state index contributed by atoms with van der Waals surface area (Å²) in [6, 6.07) is 6.04. The fourth-order valence-electron chi connectivity index (χ4n) is 1.38. The van der Waals surface area contributed by atoms with E-state index in [1.54, 1.807) is 11.3 Å². The molecule has 1 aromatic heterocycles. The lowest BCUT2D eigenvalue weighted by molar-refractivity contribution is 0.812. The molecule has 3 nitrogen and oxygen atoms in total. The van der Waals surface area contributed by atoms with E-state index in [-0.39, 0.29) is 0 Å². The first-order valence-electron chi connectivity index (χ1n) is 5.18. The van der Waals surface area contributed by atoms with Crippen molar-refractivity contribution in [3.8, 4) is 10.6 Å². The van der Waals surface area contributed by atoms with E-state index >= 15 is 0 Å². The lowest BCUT2D eigenvalue weighted by atomic mass is 10.2. The normalized spacial score (nSPS) is 10.8. The van der Waals surface area contributed by atoms with Crippen LogP contribution >= 0.6 is 43.2 Å². The highest BCUT2D eigenvalue weighted by Gasteiger charge is 2.09. The summed E-state index contributed by atoms with van der Waals surface area (Å²) in [7, 11) is 0. The third-order valence-electron chi connectivity index (χ3n) is 2.22. The Hall–Kier alpha value is -0.300. The Morgan fingerprint density at radius 2 is 2.06 bits per heavy atom. The number of rotatable bonds is 4. The summed E-state index contributed by atoms with van der Waals surface area (Å²) in [5.41, 5.74) is 6.55. The van der Waals surface area contributed by atoms with E-state index in [4.69, 9.17) is 5.73 Å². The number of nitrogens with two attached hydrogens (primary N) is 1. The van der Waals surface area contributed by atoms with Crippen LogP contribution < -0.4 is 5.73 Å². The lowest BCUT2D eigenvalue weighted by Gasteiger charge is -1.99. The highest BCUT2D eigenvalue weighted by molar-refractivity contribution is 9.11. The predicted octanol–water partition coefficient (Wildman–Crippen LogP) is 3.62. The minimum atomic E-state index is 0.691. The van der Waals surface area contributed by atoms with Crippen molar-refractivity contribution in [3.05, 3.63) is 32.2 Å². The Morgan fingerprint density at radius 3 is 2.76 bits per heavy atom. The third kappa shape index (κ3) is 3.34. The molecule has 0 saturated heterocycles. The average Bonchev–Trinajstić information content (AvgIpc) is 2.75. The topological polar surface area (TPSA) is 51.8 Å². The molecule has 0 aliphatic rings. The summed E-state index contributed by atoms with van der Waals surface area (Å²) in [6.45, 7) is 0.691. The summed E-state index contributed by atoms with van der Waals surface area (Å²) in [5.74, 6) is 0. The molecule has 90 valence electrons. The van der Waals surface area contributed by atoms with Gasteiger partial charge in [-0.25, -0.2) is 0 Å². The van der Waals surface area contributed by atoms with Crippen LogP contribution in [0.1, 0.15) is 11.4 Å². The number of aromatic nitrogens is 2. The molecule has 0 radical (unpaired) electrons. The molecule has 6 heteroatoms. The minimum Gasteiger partial charge on any atom is -0.330 e. The lowest BCUT2D eigenvalue weighted by Crippen LogP contribution is -1.99. The fourth-order valence-corrected chi connectivity index (χ4v) is 3.67.